The molecular weight excluding hydrogens is 166 g/mol. The van der Waals surface area contributed by atoms with Crippen molar-refractivity contribution in [3.8, 4) is 0 Å². The first-order valence-electron chi connectivity index (χ1n) is 4.00. The van der Waals surface area contributed by atoms with Gasteiger partial charge in [-0.2, -0.15) is 0 Å². The number of hydrogen-bond acceptors (Lipinski definition) is 1. The normalized spacial score (nSPS) is 12.7. The fraction of sp³-hybridized carbons (Fsp3) is 0.400. The van der Waals surface area contributed by atoms with E-state index in [1.54, 1.807) is 0 Å². The van der Waals surface area contributed by atoms with E-state index in [1.165, 1.54) is 10.6 Å². The second-order valence-corrected chi connectivity index (χ2v) is 7.76. The Kier molecular flexibility index (Phi) is 2.68. The summed E-state index contributed by atoms with van der Waals surface area (Å²) in [5, 5.41) is 3.11. The van der Waals surface area contributed by atoms with Crippen LogP contribution in [0, 0.1) is 0 Å². The van der Waals surface area contributed by atoms with Crippen molar-refractivity contribution in [1.29, 1.82) is 0 Å². The summed E-state index contributed by atoms with van der Waals surface area (Å²) in [6.45, 7) is 0. The lowest BCUT2D eigenvalue weighted by Gasteiger charge is -2.25. The summed E-state index contributed by atoms with van der Waals surface area (Å²) in [6.07, 6.45) is 6.92. The van der Waals surface area contributed by atoms with Crippen LogP contribution in [-0.4, -0.2) is 25.8 Å². The minimum absolute atomic E-state index is 0.556. The predicted molar refractivity (Wildman–Crippen MR) is 59.6 cm³/mol. The van der Waals surface area contributed by atoms with E-state index in [-0.39, 0.29) is 0 Å². The van der Waals surface area contributed by atoms with Crippen LogP contribution in [0.25, 0.3) is 0 Å². The molecule has 0 fully saturated rings. The first-order valence-corrected chi connectivity index (χ1v) is 6.86. The Labute approximate surface area is 76.5 Å². The van der Waals surface area contributed by atoms with Crippen molar-refractivity contribution in [2.75, 3.05) is 31.1 Å². The molecule has 12 heavy (non-hydrogen) atoms. The molecule has 1 rings (SSSR count). The molecule has 0 saturated carbocycles. The van der Waals surface area contributed by atoms with Gasteiger partial charge in [-0.15, -0.1) is 0 Å². The average Bonchev–Trinajstić information content (AvgIpc) is 2.03. The number of benzene rings is 1. The largest absolute Gasteiger partial charge is 0.388 e. The highest BCUT2D eigenvalue weighted by Gasteiger charge is 2.06. The van der Waals surface area contributed by atoms with Crippen molar-refractivity contribution in [3.05, 3.63) is 24.3 Å². The quantitative estimate of drug-likeness (QED) is 0.743. The fourth-order valence-electron chi connectivity index (χ4n) is 1.03. The van der Waals surface area contributed by atoms with Gasteiger partial charge in [0, 0.05) is 12.7 Å². The fourth-order valence-corrected chi connectivity index (χ4v) is 1.98. The van der Waals surface area contributed by atoms with Crippen LogP contribution in [0.5, 0.6) is 0 Å². The monoisotopic (exact) mass is 183 g/mol. The molecule has 1 aromatic rings. The SMILES string of the molecule is CNc1ccc(S(C)(C)C)cc1. The number of anilines is 1. The van der Waals surface area contributed by atoms with Gasteiger partial charge in [-0.3, -0.25) is 0 Å². The summed E-state index contributed by atoms with van der Waals surface area (Å²) in [4.78, 5) is 1.46. The smallest absolute Gasteiger partial charge is 0.0338 e. The molecule has 0 aliphatic heterocycles. The first-order chi connectivity index (χ1) is 5.54. The van der Waals surface area contributed by atoms with Gasteiger partial charge >= 0.3 is 0 Å². The highest BCUT2D eigenvalue weighted by Crippen LogP contribution is 2.45. The summed E-state index contributed by atoms with van der Waals surface area (Å²) >= 11 is 0. The van der Waals surface area contributed by atoms with Crippen LogP contribution in [-0.2, 0) is 0 Å². The summed E-state index contributed by atoms with van der Waals surface area (Å²) < 4.78 is 0. The molecule has 0 radical (unpaired) electrons. The van der Waals surface area contributed by atoms with Crippen LogP contribution in [0.3, 0.4) is 0 Å². The summed E-state index contributed by atoms with van der Waals surface area (Å²) in [5.74, 6) is 0. The zero-order valence-corrected chi connectivity index (χ0v) is 9.03. The molecule has 2 heteroatoms. The maximum absolute atomic E-state index is 3.11. The molecule has 0 aliphatic rings. The zero-order chi connectivity index (χ0) is 9.19. The van der Waals surface area contributed by atoms with Gasteiger partial charge in [0.1, 0.15) is 0 Å². The lowest BCUT2D eigenvalue weighted by molar-refractivity contribution is 1.41. The van der Waals surface area contributed by atoms with Crippen LogP contribution >= 0.6 is 10.0 Å². The Morgan fingerprint density at radius 2 is 1.50 bits per heavy atom. The molecule has 0 heterocycles. The summed E-state index contributed by atoms with van der Waals surface area (Å²) in [6, 6.07) is 8.68. The molecule has 0 amide bonds. The zero-order valence-electron chi connectivity index (χ0n) is 8.22. The minimum Gasteiger partial charge on any atom is -0.388 e. The summed E-state index contributed by atoms with van der Waals surface area (Å²) in [7, 11) is 1.39. The van der Waals surface area contributed by atoms with Crippen LogP contribution in [0.2, 0.25) is 0 Å². The number of hydrogen-bond donors (Lipinski definition) is 1. The second kappa shape index (κ2) is 3.40. The third kappa shape index (κ3) is 2.18. The molecule has 0 bridgehead atoms. The molecule has 0 unspecified atom stereocenters. The van der Waals surface area contributed by atoms with Gasteiger partial charge in [0.15, 0.2) is 0 Å². The van der Waals surface area contributed by atoms with E-state index < -0.39 is 10.0 Å². The number of rotatable bonds is 2. The van der Waals surface area contributed by atoms with Gasteiger partial charge in [0.05, 0.1) is 0 Å². The first kappa shape index (κ1) is 9.46. The van der Waals surface area contributed by atoms with Crippen molar-refractivity contribution < 1.29 is 0 Å². The van der Waals surface area contributed by atoms with E-state index >= 15 is 0 Å². The molecule has 0 atom stereocenters. The highest BCUT2D eigenvalue weighted by molar-refractivity contribution is 8.32. The topological polar surface area (TPSA) is 12.0 Å². The predicted octanol–water partition coefficient (Wildman–Crippen LogP) is 2.78. The van der Waals surface area contributed by atoms with Crippen LogP contribution < -0.4 is 5.32 Å². The maximum atomic E-state index is 3.11. The van der Waals surface area contributed by atoms with Crippen molar-refractivity contribution in [1.82, 2.24) is 0 Å². The van der Waals surface area contributed by atoms with Crippen molar-refractivity contribution in [3.63, 3.8) is 0 Å². The standard InChI is InChI=1S/C10H17NS/c1-11-9-5-7-10(8-6-9)12(2,3)4/h5-8,11H,1-4H3. The number of nitrogens with one attached hydrogen (secondary N) is 1. The van der Waals surface area contributed by atoms with Crippen molar-refractivity contribution in [2.45, 2.75) is 4.90 Å². The Bertz CT molecular complexity index is 246. The molecule has 0 aliphatic carbocycles. The molecule has 1 N–H and O–H groups in total. The van der Waals surface area contributed by atoms with E-state index in [0.717, 1.165) is 0 Å². The van der Waals surface area contributed by atoms with Gasteiger partial charge < -0.3 is 5.32 Å². The third-order valence-corrected chi connectivity index (χ3v) is 3.54. The van der Waals surface area contributed by atoms with Crippen LogP contribution in [0.15, 0.2) is 29.2 Å². The van der Waals surface area contributed by atoms with Gasteiger partial charge in [0.2, 0.25) is 0 Å². The van der Waals surface area contributed by atoms with Gasteiger partial charge in [-0.05, 0) is 47.9 Å². The van der Waals surface area contributed by atoms with E-state index in [9.17, 15) is 0 Å². The van der Waals surface area contributed by atoms with Gasteiger partial charge in [-0.1, -0.05) is 0 Å². The minimum atomic E-state index is -0.556. The highest BCUT2D eigenvalue weighted by atomic mass is 32.3. The van der Waals surface area contributed by atoms with Crippen LogP contribution in [0.4, 0.5) is 5.69 Å². The third-order valence-electron chi connectivity index (χ3n) is 1.85. The lowest BCUT2D eigenvalue weighted by Crippen LogP contribution is -1.93. The molecule has 1 nitrogen and oxygen atoms in total. The molecule has 68 valence electrons. The molecule has 0 aromatic heterocycles. The molecular formula is C10H17NS. The van der Waals surface area contributed by atoms with E-state index in [1.807, 2.05) is 7.05 Å². The van der Waals surface area contributed by atoms with Crippen molar-refractivity contribution in [2.24, 2.45) is 0 Å². The van der Waals surface area contributed by atoms with Crippen molar-refractivity contribution >= 4 is 15.7 Å². The average molecular weight is 183 g/mol. The lowest BCUT2D eigenvalue weighted by atomic mass is 10.3. The van der Waals surface area contributed by atoms with Gasteiger partial charge in [-0.25, -0.2) is 10.0 Å². The molecule has 0 saturated heterocycles. The van der Waals surface area contributed by atoms with E-state index in [4.69, 9.17) is 0 Å². The van der Waals surface area contributed by atoms with E-state index in [0.29, 0.717) is 0 Å². The van der Waals surface area contributed by atoms with E-state index in [2.05, 4.69) is 48.3 Å². The Hall–Kier alpha value is -0.630. The summed E-state index contributed by atoms with van der Waals surface area (Å²) in [5.41, 5.74) is 1.18. The Balaban J connectivity index is 2.93. The Morgan fingerprint density at radius 1 is 1.00 bits per heavy atom. The Morgan fingerprint density at radius 3 is 1.83 bits per heavy atom. The van der Waals surface area contributed by atoms with Crippen LogP contribution in [0.1, 0.15) is 0 Å². The van der Waals surface area contributed by atoms with Gasteiger partial charge in [0.25, 0.3) is 0 Å². The molecule has 1 aromatic carbocycles. The maximum Gasteiger partial charge on any atom is 0.0338 e. The molecule has 0 spiro atoms. The second-order valence-electron chi connectivity index (χ2n) is 3.61.